The number of hydrogen-bond donors (Lipinski definition) is 0. The minimum Gasteiger partial charge on any atom is -0.468 e. The molecule has 0 fully saturated rings. The summed E-state index contributed by atoms with van der Waals surface area (Å²) >= 11 is 0. The van der Waals surface area contributed by atoms with Crippen molar-refractivity contribution in [3.8, 4) is 0 Å². The second-order valence-electron chi connectivity index (χ2n) is 1.98. The van der Waals surface area contributed by atoms with Gasteiger partial charge in [0.2, 0.25) is 0 Å². The Morgan fingerprint density at radius 1 is 1.60 bits per heavy atom. The van der Waals surface area contributed by atoms with E-state index in [-0.39, 0.29) is 5.97 Å². The lowest BCUT2D eigenvalue weighted by Crippen LogP contribution is -2.02. The van der Waals surface area contributed by atoms with Crippen molar-refractivity contribution in [2.75, 3.05) is 12.9 Å². The summed E-state index contributed by atoms with van der Waals surface area (Å²) in [7, 11) is 4.63. The molecule has 0 aromatic heterocycles. The van der Waals surface area contributed by atoms with E-state index in [1.165, 1.54) is 17.9 Å². The van der Waals surface area contributed by atoms with E-state index in [9.17, 15) is 4.79 Å². The van der Waals surface area contributed by atoms with E-state index in [1.54, 1.807) is 10.8 Å². The maximum atomic E-state index is 10.5. The van der Waals surface area contributed by atoms with Crippen molar-refractivity contribution in [2.45, 2.75) is 19.1 Å². The monoisotopic (exact) mass is 180 g/mol. The van der Waals surface area contributed by atoms with Crippen LogP contribution in [0.25, 0.3) is 0 Å². The van der Waals surface area contributed by atoms with Crippen molar-refractivity contribution in [2.24, 2.45) is 0 Å². The first-order valence-corrected chi connectivity index (χ1v) is 5.40. The Hall–Kier alpha value is 0.170. The third-order valence-corrected chi connectivity index (χ3v) is 3.46. The van der Waals surface area contributed by atoms with Gasteiger partial charge in [-0.1, -0.05) is 35.4 Å². The lowest BCUT2D eigenvalue weighted by atomic mass is 10.6. The molecular weight excluding hydrogens is 168 g/mol. The number of ether oxygens (including phenoxy) is 1. The van der Waals surface area contributed by atoms with Gasteiger partial charge in [-0.25, -0.2) is 0 Å². The smallest absolute Gasteiger partial charge is 0.316 e. The maximum Gasteiger partial charge on any atom is 0.316 e. The molecule has 60 valence electrons. The van der Waals surface area contributed by atoms with Crippen LogP contribution in [0.2, 0.25) is 0 Å². The van der Waals surface area contributed by atoms with Gasteiger partial charge in [-0.2, -0.15) is 0 Å². The number of esters is 1. The molecule has 0 aliphatic heterocycles. The molecule has 0 spiro atoms. The highest BCUT2D eigenvalue weighted by molar-refractivity contribution is 8.77. The zero-order chi connectivity index (χ0) is 7.98. The van der Waals surface area contributed by atoms with Crippen LogP contribution in [0.15, 0.2) is 0 Å². The molecule has 2 nitrogen and oxygen atoms in total. The fraction of sp³-hybridized carbons (Fsp3) is 0.833. The van der Waals surface area contributed by atoms with Gasteiger partial charge in [-0.05, 0) is 0 Å². The zero-order valence-corrected chi connectivity index (χ0v) is 8.05. The van der Waals surface area contributed by atoms with Crippen molar-refractivity contribution in [3.63, 3.8) is 0 Å². The van der Waals surface area contributed by atoms with E-state index in [4.69, 9.17) is 0 Å². The predicted octanol–water partition coefficient (Wildman–Crippen LogP) is 1.95. The molecule has 0 amide bonds. The summed E-state index contributed by atoms with van der Waals surface area (Å²) in [6.45, 7) is 4.18. The lowest BCUT2D eigenvalue weighted by molar-refractivity contribution is -0.137. The molecule has 0 rings (SSSR count). The van der Waals surface area contributed by atoms with Crippen molar-refractivity contribution in [3.05, 3.63) is 0 Å². The molecule has 0 saturated heterocycles. The first-order valence-electron chi connectivity index (χ1n) is 3.02. The molecule has 10 heavy (non-hydrogen) atoms. The van der Waals surface area contributed by atoms with E-state index in [2.05, 4.69) is 18.6 Å². The first kappa shape index (κ1) is 10.2. The van der Waals surface area contributed by atoms with Gasteiger partial charge < -0.3 is 4.74 Å². The van der Waals surface area contributed by atoms with Gasteiger partial charge in [-0.15, -0.1) is 0 Å². The van der Waals surface area contributed by atoms with Crippen LogP contribution in [0.3, 0.4) is 0 Å². The average molecular weight is 180 g/mol. The van der Waals surface area contributed by atoms with Crippen LogP contribution < -0.4 is 0 Å². The summed E-state index contributed by atoms with van der Waals surface area (Å²) < 4.78 is 4.46. The van der Waals surface area contributed by atoms with Gasteiger partial charge in [-0.3, -0.25) is 4.79 Å². The fourth-order valence-electron chi connectivity index (χ4n) is 0.277. The molecule has 0 bridgehead atoms. The predicted molar refractivity (Wildman–Crippen MR) is 47.2 cm³/mol. The number of hydrogen-bond acceptors (Lipinski definition) is 4. The van der Waals surface area contributed by atoms with E-state index in [0.717, 1.165) is 0 Å². The Morgan fingerprint density at radius 2 is 2.20 bits per heavy atom. The molecule has 0 aliphatic carbocycles. The van der Waals surface area contributed by atoms with Crippen LogP contribution in [0.5, 0.6) is 0 Å². The molecule has 0 aromatic carbocycles. The number of carbonyl (C=O) groups is 1. The Labute approximate surface area is 69.5 Å². The third kappa shape index (κ3) is 6.29. The SMILES string of the molecule is COC(=O)CSSC(C)C. The molecule has 0 aromatic rings. The normalized spacial score (nSPS) is 10.0. The van der Waals surface area contributed by atoms with Gasteiger partial charge in [0.1, 0.15) is 5.75 Å². The number of carbonyl (C=O) groups excluding carboxylic acids is 1. The maximum absolute atomic E-state index is 10.5. The highest BCUT2D eigenvalue weighted by Gasteiger charge is 2.01. The average Bonchev–Trinajstić information content (AvgIpc) is 1.87. The fourth-order valence-corrected chi connectivity index (χ4v) is 2.14. The highest BCUT2D eigenvalue weighted by atomic mass is 33.1. The van der Waals surface area contributed by atoms with Gasteiger partial charge >= 0.3 is 5.97 Å². The molecule has 0 atom stereocenters. The topological polar surface area (TPSA) is 26.3 Å². The second-order valence-corrected chi connectivity index (χ2v) is 4.93. The van der Waals surface area contributed by atoms with E-state index >= 15 is 0 Å². The highest BCUT2D eigenvalue weighted by Crippen LogP contribution is 2.25. The van der Waals surface area contributed by atoms with Crippen LogP contribution >= 0.6 is 21.6 Å². The summed E-state index contributed by atoms with van der Waals surface area (Å²) in [6.07, 6.45) is 0. The van der Waals surface area contributed by atoms with Crippen LogP contribution in [0.4, 0.5) is 0 Å². The van der Waals surface area contributed by atoms with E-state index in [1.807, 2.05) is 0 Å². The largest absolute Gasteiger partial charge is 0.468 e. The third-order valence-electron chi connectivity index (χ3n) is 0.665. The molecule has 0 heterocycles. The lowest BCUT2D eigenvalue weighted by Gasteiger charge is -2.01. The Morgan fingerprint density at radius 3 is 2.60 bits per heavy atom. The summed E-state index contributed by atoms with van der Waals surface area (Å²) in [5.74, 6) is 0.289. The Kier molecular flexibility index (Phi) is 6.02. The quantitative estimate of drug-likeness (QED) is 0.488. The minimum absolute atomic E-state index is 0.154. The summed E-state index contributed by atoms with van der Waals surface area (Å²) in [5.41, 5.74) is 0. The number of rotatable bonds is 4. The van der Waals surface area contributed by atoms with Crippen LogP contribution in [-0.4, -0.2) is 24.1 Å². The van der Waals surface area contributed by atoms with Crippen LogP contribution in [0, 0.1) is 0 Å². The van der Waals surface area contributed by atoms with E-state index < -0.39 is 0 Å². The minimum atomic E-state index is -0.154. The first-order chi connectivity index (χ1) is 4.66. The summed E-state index contributed by atoms with van der Waals surface area (Å²) in [5, 5.41) is 0.564. The van der Waals surface area contributed by atoms with Crippen molar-refractivity contribution >= 4 is 27.6 Å². The van der Waals surface area contributed by atoms with Crippen LogP contribution in [0.1, 0.15) is 13.8 Å². The van der Waals surface area contributed by atoms with Gasteiger partial charge in [0.05, 0.1) is 7.11 Å². The molecule has 0 radical (unpaired) electrons. The second kappa shape index (κ2) is 5.92. The van der Waals surface area contributed by atoms with Crippen molar-refractivity contribution in [1.29, 1.82) is 0 Å². The molecule has 4 heteroatoms. The molecule has 0 N–H and O–H groups in total. The standard InChI is InChI=1S/C6H12O2S2/c1-5(2)10-9-4-6(7)8-3/h5H,4H2,1-3H3. The van der Waals surface area contributed by atoms with Crippen LogP contribution in [-0.2, 0) is 9.53 Å². The van der Waals surface area contributed by atoms with Gasteiger partial charge in [0, 0.05) is 5.25 Å². The Bertz CT molecular complexity index is 104. The van der Waals surface area contributed by atoms with E-state index in [0.29, 0.717) is 11.0 Å². The summed E-state index contributed by atoms with van der Waals surface area (Å²) in [4.78, 5) is 10.5. The van der Waals surface area contributed by atoms with Gasteiger partial charge in [0.25, 0.3) is 0 Å². The Balaban J connectivity index is 3.12. The number of methoxy groups -OCH3 is 1. The van der Waals surface area contributed by atoms with Gasteiger partial charge in [0.15, 0.2) is 0 Å². The van der Waals surface area contributed by atoms with Crippen molar-refractivity contribution in [1.82, 2.24) is 0 Å². The molecule has 0 unspecified atom stereocenters. The van der Waals surface area contributed by atoms with Crippen molar-refractivity contribution < 1.29 is 9.53 Å². The molecular formula is C6H12O2S2. The zero-order valence-electron chi connectivity index (χ0n) is 6.42. The molecule has 0 saturated carbocycles. The summed E-state index contributed by atoms with van der Waals surface area (Å²) in [6, 6.07) is 0. The molecule has 0 aliphatic rings.